The Bertz CT molecular complexity index is 526. The number of benzene rings is 1. The van der Waals surface area contributed by atoms with Crippen LogP contribution in [-0.2, 0) is 10.1 Å². The molecule has 0 aliphatic rings. The van der Waals surface area contributed by atoms with Crippen LogP contribution in [-0.4, -0.2) is 24.0 Å². The third-order valence-corrected chi connectivity index (χ3v) is 2.42. The number of carbonyl (C=O) groups is 1. The van der Waals surface area contributed by atoms with Crippen LogP contribution >= 0.6 is 0 Å². The number of hydrogen-bond acceptors (Lipinski definition) is 6. The first-order chi connectivity index (χ1) is 6.73. The minimum absolute atomic E-state index is 0. The van der Waals surface area contributed by atoms with Crippen molar-refractivity contribution < 1.29 is 57.5 Å². The van der Waals surface area contributed by atoms with Crippen LogP contribution in [0.4, 0.5) is 5.69 Å². The van der Waals surface area contributed by atoms with Crippen LogP contribution in [0.2, 0.25) is 0 Å². The summed E-state index contributed by atoms with van der Waals surface area (Å²) in [6.07, 6.45) is 0. The second kappa shape index (κ2) is 5.02. The summed E-state index contributed by atoms with van der Waals surface area (Å²) >= 11 is 0. The molecule has 0 atom stereocenters. The zero-order chi connectivity index (χ0) is 11.8. The van der Waals surface area contributed by atoms with Gasteiger partial charge in [-0.1, -0.05) is 5.75 Å². The number of aromatic carboxylic acids is 1. The first kappa shape index (κ1) is 15.2. The Morgan fingerprint density at radius 2 is 1.88 bits per heavy atom. The molecule has 0 aromatic heterocycles. The second-order valence-electron chi connectivity index (χ2n) is 2.65. The summed E-state index contributed by atoms with van der Waals surface area (Å²) < 4.78 is 31.7. The zero-order valence-corrected chi connectivity index (χ0v) is 10.9. The molecule has 16 heavy (non-hydrogen) atoms. The topological polar surface area (TPSA) is 144 Å². The fourth-order valence-corrected chi connectivity index (χ4v) is 1.46. The third kappa shape index (κ3) is 3.09. The summed E-state index contributed by atoms with van der Waals surface area (Å²) in [5, 5.41) is 19.6. The van der Waals surface area contributed by atoms with Gasteiger partial charge in [-0.05, 0) is 12.1 Å². The van der Waals surface area contributed by atoms with Crippen molar-refractivity contribution in [2.75, 3.05) is 5.73 Å². The SMILES string of the molecule is Nc1cc(S(=O)(=O)[O-])cc(C(=O)O)c1[O-].[Na+]. The molecule has 0 heterocycles. The Labute approximate surface area is 113 Å². The first-order valence-corrected chi connectivity index (χ1v) is 4.94. The number of nitrogens with two attached hydrogens (primary N) is 1. The maximum Gasteiger partial charge on any atom is 1.00 e. The van der Waals surface area contributed by atoms with E-state index >= 15 is 0 Å². The van der Waals surface area contributed by atoms with Crippen molar-refractivity contribution in [2.45, 2.75) is 4.90 Å². The van der Waals surface area contributed by atoms with Crippen LogP contribution in [0.15, 0.2) is 17.0 Å². The van der Waals surface area contributed by atoms with E-state index in [1.165, 1.54) is 0 Å². The van der Waals surface area contributed by atoms with E-state index in [0.717, 1.165) is 0 Å². The largest absolute Gasteiger partial charge is 1.00 e. The van der Waals surface area contributed by atoms with Gasteiger partial charge in [-0.2, -0.15) is 0 Å². The van der Waals surface area contributed by atoms with E-state index in [1.54, 1.807) is 0 Å². The van der Waals surface area contributed by atoms with Crippen molar-refractivity contribution in [3.8, 4) is 5.75 Å². The van der Waals surface area contributed by atoms with E-state index < -0.39 is 38.0 Å². The molecule has 0 radical (unpaired) electrons. The molecule has 7 nitrogen and oxygen atoms in total. The zero-order valence-electron chi connectivity index (χ0n) is 8.13. The van der Waals surface area contributed by atoms with Gasteiger partial charge in [-0.25, -0.2) is 13.2 Å². The summed E-state index contributed by atoms with van der Waals surface area (Å²) in [4.78, 5) is 9.66. The molecule has 0 aliphatic heterocycles. The molecular weight excluding hydrogens is 249 g/mol. The van der Waals surface area contributed by atoms with Gasteiger partial charge in [0.25, 0.3) is 0 Å². The van der Waals surface area contributed by atoms with Crippen LogP contribution in [0.25, 0.3) is 0 Å². The number of carboxylic acids is 1. The maximum atomic E-state index is 11.1. The Balaban J connectivity index is 0.00000225. The van der Waals surface area contributed by atoms with Gasteiger partial charge in [0.2, 0.25) is 0 Å². The quantitative estimate of drug-likeness (QED) is 0.310. The predicted octanol–water partition coefficient (Wildman–Crippen LogP) is -4.05. The van der Waals surface area contributed by atoms with Crippen molar-refractivity contribution >= 4 is 21.8 Å². The second-order valence-corrected chi connectivity index (χ2v) is 4.03. The van der Waals surface area contributed by atoms with Gasteiger partial charge in [-0.15, -0.1) is 0 Å². The number of nitrogen functional groups attached to an aromatic ring is 1. The van der Waals surface area contributed by atoms with Gasteiger partial charge in [0.1, 0.15) is 10.1 Å². The molecule has 0 unspecified atom stereocenters. The van der Waals surface area contributed by atoms with Gasteiger partial charge in [0.05, 0.1) is 10.5 Å². The van der Waals surface area contributed by atoms with E-state index in [-0.39, 0.29) is 29.6 Å². The Kier molecular flexibility index (Phi) is 4.77. The fraction of sp³-hybridized carbons (Fsp3) is 0. The molecule has 0 saturated heterocycles. The molecule has 3 N–H and O–H groups in total. The van der Waals surface area contributed by atoms with E-state index in [1.807, 2.05) is 0 Å². The van der Waals surface area contributed by atoms with Gasteiger partial charge in [0, 0.05) is 5.69 Å². The fourth-order valence-electron chi connectivity index (χ4n) is 0.927. The molecule has 0 amide bonds. The molecule has 9 heteroatoms. The van der Waals surface area contributed by atoms with Gasteiger partial charge >= 0.3 is 35.5 Å². The standard InChI is InChI=1S/C7H7NO6S.Na/c8-5-2-3(15(12,13)14)1-4(6(5)9)7(10)11;/h1-2,9H,8H2,(H,10,11)(H,12,13,14);/q;+1/p-2. The van der Waals surface area contributed by atoms with Crippen molar-refractivity contribution in [1.82, 2.24) is 0 Å². The number of hydrogen-bond donors (Lipinski definition) is 2. The van der Waals surface area contributed by atoms with Gasteiger partial charge in [-0.3, -0.25) is 0 Å². The van der Waals surface area contributed by atoms with E-state index in [9.17, 15) is 22.9 Å². The average molecular weight is 254 g/mol. The average Bonchev–Trinajstić information content (AvgIpc) is 2.06. The van der Waals surface area contributed by atoms with Gasteiger partial charge in [0.15, 0.2) is 0 Å². The van der Waals surface area contributed by atoms with E-state index in [4.69, 9.17) is 10.8 Å². The molecule has 82 valence electrons. The molecule has 1 rings (SSSR count). The first-order valence-electron chi connectivity index (χ1n) is 3.53. The normalized spacial score (nSPS) is 10.6. The molecule has 1 aromatic rings. The Morgan fingerprint density at radius 3 is 2.25 bits per heavy atom. The molecule has 0 spiro atoms. The number of carboxylic acid groups (broad SMARTS) is 1. The van der Waals surface area contributed by atoms with Crippen molar-refractivity contribution in [1.29, 1.82) is 0 Å². The minimum atomic E-state index is -4.83. The number of anilines is 1. The minimum Gasteiger partial charge on any atom is -0.870 e. The summed E-state index contributed by atoms with van der Waals surface area (Å²) in [5.41, 5.74) is 3.64. The van der Waals surface area contributed by atoms with Crippen LogP contribution in [0, 0.1) is 0 Å². The van der Waals surface area contributed by atoms with Crippen LogP contribution < -0.4 is 40.4 Å². The summed E-state index contributed by atoms with van der Waals surface area (Å²) in [7, 11) is -4.83. The van der Waals surface area contributed by atoms with Crippen molar-refractivity contribution in [3.05, 3.63) is 17.7 Å². The molecule has 0 bridgehead atoms. The Morgan fingerprint density at radius 1 is 1.38 bits per heavy atom. The Hall–Kier alpha value is -0.800. The van der Waals surface area contributed by atoms with Crippen LogP contribution in [0.1, 0.15) is 10.4 Å². The van der Waals surface area contributed by atoms with E-state index in [2.05, 4.69) is 0 Å². The summed E-state index contributed by atoms with van der Waals surface area (Å²) in [5.74, 6) is -2.66. The van der Waals surface area contributed by atoms with Gasteiger partial charge < -0.3 is 20.5 Å². The van der Waals surface area contributed by atoms with Crippen molar-refractivity contribution in [2.24, 2.45) is 0 Å². The smallest absolute Gasteiger partial charge is 0.870 e. The monoisotopic (exact) mass is 254 g/mol. The molecular formula is C7H5NNaO6S-. The van der Waals surface area contributed by atoms with Crippen LogP contribution in [0.3, 0.4) is 0 Å². The van der Waals surface area contributed by atoms with Crippen LogP contribution in [0.5, 0.6) is 5.75 Å². The maximum absolute atomic E-state index is 11.1. The molecule has 0 aliphatic carbocycles. The third-order valence-electron chi connectivity index (χ3n) is 1.61. The summed E-state index contributed by atoms with van der Waals surface area (Å²) in [6.45, 7) is 0. The van der Waals surface area contributed by atoms with Crippen molar-refractivity contribution in [3.63, 3.8) is 0 Å². The summed E-state index contributed by atoms with van der Waals surface area (Å²) in [6, 6.07) is 1.13. The molecule has 1 aromatic carbocycles. The molecule has 0 saturated carbocycles. The predicted molar refractivity (Wildman–Crippen MR) is 45.2 cm³/mol. The van der Waals surface area contributed by atoms with E-state index in [0.29, 0.717) is 12.1 Å². The number of rotatable bonds is 2. The molecule has 0 fully saturated rings.